The van der Waals surface area contributed by atoms with Crippen molar-refractivity contribution in [3.05, 3.63) is 17.3 Å². The molecule has 3 aliphatic rings. The molecule has 1 saturated heterocycles. The third kappa shape index (κ3) is 6.38. The number of carbonyl (C=O) groups is 3. The van der Waals surface area contributed by atoms with E-state index in [4.69, 9.17) is 4.74 Å². The fourth-order valence-electron chi connectivity index (χ4n) is 3.46. The molecule has 0 radical (unpaired) electrons. The van der Waals surface area contributed by atoms with Crippen molar-refractivity contribution in [2.24, 2.45) is 15.4 Å². The number of Topliss-reactive ketones (excluding diaryl/α,β-unsaturated/α-hetero) is 1. The lowest BCUT2D eigenvalue weighted by Crippen LogP contribution is -2.50. The maximum Gasteiger partial charge on any atom is 0.450 e. The Morgan fingerprint density at radius 1 is 1.30 bits per heavy atom. The van der Waals surface area contributed by atoms with Gasteiger partial charge in [-0.05, 0) is 45.6 Å². The summed E-state index contributed by atoms with van der Waals surface area (Å²) in [6.07, 6.45) is -1.88. The summed E-state index contributed by atoms with van der Waals surface area (Å²) < 4.78 is 45.9. The zero-order chi connectivity index (χ0) is 24.4. The number of ether oxygens (including phenoxy) is 1. The van der Waals surface area contributed by atoms with Crippen LogP contribution >= 0.6 is 11.9 Å². The molecule has 0 aromatic carbocycles. The largest absolute Gasteiger partial charge is 0.450 e. The molecule has 1 N–H and O–H groups in total. The second-order valence-corrected chi connectivity index (χ2v) is 9.39. The lowest BCUT2D eigenvalue weighted by molar-refractivity contribution is -0.167. The van der Waals surface area contributed by atoms with Crippen LogP contribution < -0.4 is 5.32 Å². The van der Waals surface area contributed by atoms with Gasteiger partial charge >= 0.3 is 12.3 Å². The molecule has 0 saturated carbocycles. The Bertz CT molecular complexity index is 942. The van der Waals surface area contributed by atoms with Gasteiger partial charge in [-0.1, -0.05) is 0 Å². The number of alkyl halides is 3. The van der Waals surface area contributed by atoms with E-state index in [9.17, 15) is 27.6 Å². The molecule has 3 rings (SSSR count). The Balaban J connectivity index is 1.62. The molecule has 1 atom stereocenters. The summed E-state index contributed by atoms with van der Waals surface area (Å²) in [6.45, 7) is 6.34. The van der Waals surface area contributed by atoms with E-state index in [1.54, 1.807) is 30.7 Å². The van der Waals surface area contributed by atoms with Gasteiger partial charge < -0.3 is 15.0 Å². The average Bonchev–Trinajstić information content (AvgIpc) is 3.11. The standard InChI is InChI=1S/C20H24F3N5O4S/c1-19(2,3)32-18(31)27-6-4-12(5-7-27)14-8-16(30)26-17-13(9-24-28(14)17)10-25-33-11-15(29)20(21,22)23/h8-9,12,17H,4-7,11H2,1-3H3,(H,26,30). The Labute approximate surface area is 192 Å². The predicted octanol–water partition coefficient (Wildman–Crippen LogP) is 2.65. The SMILES string of the molecule is CC(C)(C)OC(=O)N1CCC(C2=CC(=O)NC3C(=C=NSCC(=O)C(F)(F)F)C=NN23)CC1. The highest BCUT2D eigenvalue weighted by Gasteiger charge is 2.39. The van der Waals surface area contributed by atoms with E-state index < -0.39 is 29.5 Å². The monoisotopic (exact) mass is 487 g/mol. The zero-order valence-corrected chi connectivity index (χ0v) is 19.1. The second kappa shape index (κ2) is 9.60. The summed E-state index contributed by atoms with van der Waals surface area (Å²) in [6, 6.07) is 0. The van der Waals surface area contributed by atoms with Crippen LogP contribution in [0.5, 0.6) is 0 Å². The molecule has 0 aromatic rings. The molecule has 13 heteroatoms. The Kier molecular flexibility index (Phi) is 7.23. The fourth-order valence-corrected chi connectivity index (χ4v) is 3.98. The van der Waals surface area contributed by atoms with Gasteiger partial charge in [-0.2, -0.15) is 22.7 Å². The summed E-state index contributed by atoms with van der Waals surface area (Å²) in [5.74, 6) is -0.556. The first-order valence-electron chi connectivity index (χ1n) is 10.2. The molecule has 180 valence electrons. The van der Waals surface area contributed by atoms with Gasteiger partial charge in [-0.3, -0.25) is 9.59 Å². The van der Waals surface area contributed by atoms with Crippen molar-refractivity contribution >= 4 is 41.8 Å². The number of amides is 2. The van der Waals surface area contributed by atoms with Gasteiger partial charge in [0.05, 0.1) is 17.5 Å². The minimum Gasteiger partial charge on any atom is -0.444 e. The first-order chi connectivity index (χ1) is 15.3. The normalized spacial score (nSPS) is 21.3. The van der Waals surface area contributed by atoms with Gasteiger partial charge in [0.25, 0.3) is 0 Å². The third-order valence-corrected chi connectivity index (χ3v) is 5.61. The molecule has 1 fully saturated rings. The Morgan fingerprint density at radius 3 is 2.58 bits per heavy atom. The number of hydrogen-bond donors (Lipinski definition) is 1. The van der Waals surface area contributed by atoms with Gasteiger partial charge in [0, 0.05) is 36.7 Å². The lowest BCUT2D eigenvalue weighted by Gasteiger charge is -2.38. The predicted molar refractivity (Wildman–Crippen MR) is 115 cm³/mol. The van der Waals surface area contributed by atoms with Crippen LogP contribution in [0.3, 0.4) is 0 Å². The van der Waals surface area contributed by atoms with Gasteiger partial charge in [0.1, 0.15) is 5.60 Å². The molecule has 0 bridgehead atoms. The van der Waals surface area contributed by atoms with Crippen molar-refractivity contribution in [2.45, 2.75) is 51.6 Å². The number of ketones is 1. The van der Waals surface area contributed by atoms with E-state index >= 15 is 0 Å². The van der Waals surface area contributed by atoms with Gasteiger partial charge in [-0.25, -0.2) is 9.80 Å². The first kappa shape index (κ1) is 24.8. The summed E-state index contributed by atoms with van der Waals surface area (Å²) in [5, 5.41) is 8.61. The number of allylic oxidation sites excluding steroid dienone is 1. The number of hydrogen-bond acceptors (Lipinski definition) is 8. The highest BCUT2D eigenvalue weighted by molar-refractivity contribution is 7.98. The maximum atomic E-state index is 12.3. The lowest BCUT2D eigenvalue weighted by atomic mass is 9.91. The van der Waals surface area contributed by atoms with E-state index in [1.165, 1.54) is 12.3 Å². The van der Waals surface area contributed by atoms with Crippen molar-refractivity contribution in [2.75, 3.05) is 18.8 Å². The number of carbonyl (C=O) groups excluding carboxylic acids is 3. The van der Waals surface area contributed by atoms with Crippen LogP contribution in [0.2, 0.25) is 0 Å². The number of fused-ring (bicyclic) bond motifs is 1. The number of nitrogens with zero attached hydrogens (tertiary/aromatic N) is 4. The highest BCUT2D eigenvalue weighted by Crippen LogP contribution is 2.33. The zero-order valence-electron chi connectivity index (χ0n) is 18.3. The van der Waals surface area contributed by atoms with E-state index in [2.05, 4.69) is 20.7 Å². The van der Waals surface area contributed by atoms with Crippen molar-refractivity contribution in [1.29, 1.82) is 0 Å². The van der Waals surface area contributed by atoms with Crippen LogP contribution in [-0.2, 0) is 14.3 Å². The molecule has 0 aliphatic carbocycles. The molecule has 2 amide bonds. The molecular weight excluding hydrogens is 463 g/mol. The van der Waals surface area contributed by atoms with Crippen molar-refractivity contribution in [1.82, 2.24) is 15.2 Å². The van der Waals surface area contributed by atoms with Gasteiger partial charge in [0.15, 0.2) is 6.17 Å². The van der Waals surface area contributed by atoms with Crippen LogP contribution in [0.15, 0.2) is 26.8 Å². The van der Waals surface area contributed by atoms with E-state index in [-0.39, 0.29) is 17.9 Å². The molecular formula is C20H24F3N5O4S. The van der Waals surface area contributed by atoms with Gasteiger partial charge in [-0.15, -0.1) is 0 Å². The molecule has 0 spiro atoms. The number of piperidine rings is 1. The molecule has 9 nitrogen and oxygen atoms in total. The van der Waals surface area contributed by atoms with E-state index in [1.807, 2.05) is 0 Å². The smallest absolute Gasteiger partial charge is 0.444 e. The van der Waals surface area contributed by atoms with Crippen LogP contribution in [-0.4, -0.2) is 76.6 Å². The summed E-state index contributed by atoms with van der Waals surface area (Å²) in [4.78, 5) is 37.1. The van der Waals surface area contributed by atoms with Gasteiger partial charge in [0.2, 0.25) is 11.7 Å². The number of halogens is 3. The van der Waals surface area contributed by atoms with Crippen LogP contribution in [0.4, 0.5) is 18.0 Å². The summed E-state index contributed by atoms with van der Waals surface area (Å²) >= 11 is 0.417. The van der Waals surface area contributed by atoms with Crippen LogP contribution in [0.1, 0.15) is 33.6 Å². The fraction of sp³-hybridized carbons (Fsp3) is 0.600. The molecule has 0 aromatic heterocycles. The second-order valence-electron chi connectivity index (χ2n) is 8.66. The summed E-state index contributed by atoms with van der Waals surface area (Å²) in [5.41, 5.74) is 0.450. The molecule has 1 unspecified atom stereocenters. The molecule has 3 aliphatic heterocycles. The quantitative estimate of drug-likeness (QED) is 0.483. The van der Waals surface area contributed by atoms with Crippen LogP contribution in [0.25, 0.3) is 0 Å². The topological polar surface area (TPSA) is 104 Å². The van der Waals surface area contributed by atoms with E-state index in [0.717, 1.165) is 0 Å². The first-order valence-corrected chi connectivity index (χ1v) is 11.2. The van der Waals surface area contributed by atoms with Crippen molar-refractivity contribution in [3.63, 3.8) is 0 Å². The molecule has 33 heavy (non-hydrogen) atoms. The van der Waals surface area contributed by atoms with Crippen LogP contribution in [0, 0.1) is 5.92 Å². The Morgan fingerprint density at radius 2 is 1.97 bits per heavy atom. The highest BCUT2D eigenvalue weighted by atomic mass is 32.2. The number of hydrazone groups is 1. The minimum atomic E-state index is -4.91. The van der Waals surface area contributed by atoms with Crippen molar-refractivity contribution in [3.8, 4) is 0 Å². The number of likely N-dealkylation sites (tertiary alicyclic amines) is 1. The third-order valence-electron chi connectivity index (χ3n) is 5.00. The van der Waals surface area contributed by atoms with E-state index in [0.29, 0.717) is 49.1 Å². The summed E-state index contributed by atoms with van der Waals surface area (Å²) in [7, 11) is 0. The maximum absolute atomic E-state index is 12.3. The number of rotatable bonds is 4. The number of nitrogens with one attached hydrogen (secondary N) is 1. The Hall–Kier alpha value is -2.79. The molecule has 3 heterocycles. The average molecular weight is 488 g/mol. The minimum absolute atomic E-state index is 0.0237. The van der Waals surface area contributed by atoms with Crippen molar-refractivity contribution < 1.29 is 32.3 Å².